The molecule has 1 aliphatic rings. The lowest BCUT2D eigenvalue weighted by Crippen LogP contribution is -2.33. The van der Waals surface area contributed by atoms with Crippen LogP contribution in [0.4, 0.5) is 0 Å². The molecule has 1 rings (SSSR count). The van der Waals surface area contributed by atoms with Crippen LogP contribution in [0.1, 0.15) is 0 Å². The number of carbonyl (C=O) groups is 1. The minimum absolute atomic E-state index is 0.505. The molecule has 0 unspecified atom stereocenters. The van der Waals surface area contributed by atoms with E-state index in [-0.39, 0.29) is 0 Å². The molecule has 0 bridgehead atoms. The molecule has 0 saturated carbocycles. The molecule has 0 aliphatic carbocycles. The molecule has 0 aromatic heterocycles. The minimum Gasteiger partial charge on any atom is -0.480 e. The first-order valence-corrected chi connectivity index (χ1v) is 5.59. The van der Waals surface area contributed by atoms with Crippen molar-refractivity contribution in [3.05, 3.63) is 11.5 Å². The van der Waals surface area contributed by atoms with Gasteiger partial charge in [0, 0.05) is 5.75 Å². The van der Waals surface area contributed by atoms with Gasteiger partial charge < -0.3 is 15.9 Å². The van der Waals surface area contributed by atoms with Crippen LogP contribution in [0.15, 0.2) is 11.5 Å². The smallest absolute Gasteiger partial charge is 0.322 e. The Morgan fingerprint density at radius 2 is 2.42 bits per heavy atom. The second kappa shape index (κ2) is 7.48. The highest BCUT2D eigenvalue weighted by Crippen LogP contribution is 2.27. The molecule has 0 aromatic rings. The van der Waals surface area contributed by atoms with Crippen LogP contribution in [0.2, 0.25) is 0 Å². The molecule has 1 aliphatic heterocycles. The molecule has 12 heavy (non-hydrogen) atoms. The number of aliphatic carboxylic acids is 1. The van der Waals surface area contributed by atoms with Crippen molar-refractivity contribution in [2.24, 2.45) is 5.73 Å². The lowest BCUT2D eigenvalue weighted by atomic mass is 10.3. The van der Waals surface area contributed by atoms with Gasteiger partial charge in [-0.25, -0.2) is 0 Å². The van der Waals surface area contributed by atoms with Gasteiger partial charge in [0.05, 0.1) is 6.61 Å². The summed E-state index contributed by atoms with van der Waals surface area (Å²) in [6, 6.07) is -1.13. The molecular weight excluding hydrogens is 198 g/mol. The van der Waals surface area contributed by atoms with Crippen LogP contribution >= 0.6 is 21.6 Å². The summed E-state index contributed by atoms with van der Waals surface area (Å²) in [7, 11) is 3.69. The van der Waals surface area contributed by atoms with E-state index in [2.05, 4.69) is 11.5 Å². The molecule has 1 heterocycles. The number of hydrogen-bond donors (Lipinski definition) is 3. The molecule has 0 saturated heterocycles. The first-order chi connectivity index (χ1) is 5.68. The average molecular weight is 209 g/mol. The molecule has 4 nitrogen and oxygen atoms in total. The van der Waals surface area contributed by atoms with Crippen LogP contribution in [-0.4, -0.2) is 34.6 Å². The van der Waals surface area contributed by atoms with Gasteiger partial charge in [0.25, 0.3) is 0 Å². The highest BCUT2D eigenvalue weighted by atomic mass is 33.1. The van der Waals surface area contributed by atoms with Crippen molar-refractivity contribution in [1.29, 1.82) is 0 Å². The second-order valence-corrected chi connectivity index (χ2v) is 4.20. The first-order valence-electron chi connectivity index (χ1n) is 3.21. The third-order valence-electron chi connectivity index (χ3n) is 0.898. The zero-order valence-corrected chi connectivity index (χ0v) is 7.98. The predicted octanol–water partition coefficient (Wildman–Crippen LogP) is 0.286. The van der Waals surface area contributed by atoms with Gasteiger partial charge in [-0.15, -0.1) is 0 Å². The lowest BCUT2D eigenvalue weighted by molar-refractivity contribution is -0.139. The number of hydrogen-bond acceptors (Lipinski definition) is 5. The van der Waals surface area contributed by atoms with Gasteiger partial charge in [-0.1, -0.05) is 27.7 Å². The van der Waals surface area contributed by atoms with E-state index in [1.165, 1.54) is 5.75 Å². The Hall–Kier alpha value is -0.170. The Kier molecular flexibility index (Phi) is 7.37. The third kappa shape index (κ3) is 6.53. The molecule has 70 valence electrons. The number of carboxylic acid groups (broad SMARTS) is 1. The van der Waals surface area contributed by atoms with Crippen LogP contribution < -0.4 is 5.73 Å². The summed E-state index contributed by atoms with van der Waals surface area (Å²) >= 11 is 0. The number of carboxylic acids is 1. The van der Waals surface area contributed by atoms with E-state index in [4.69, 9.17) is 15.9 Å². The maximum atomic E-state index is 9.65. The fourth-order valence-electron chi connectivity index (χ4n) is 0.275. The monoisotopic (exact) mass is 209 g/mol. The van der Waals surface area contributed by atoms with E-state index < -0.39 is 18.6 Å². The maximum Gasteiger partial charge on any atom is 0.322 e. The molecule has 0 radical (unpaired) electrons. The van der Waals surface area contributed by atoms with Crippen LogP contribution in [0, 0.1) is 0 Å². The summed E-state index contributed by atoms with van der Waals surface area (Å²) in [5, 5.41) is 18.0. The third-order valence-corrected chi connectivity index (χ3v) is 2.82. The van der Waals surface area contributed by atoms with E-state index >= 15 is 0 Å². The van der Waals surface area contributed by atoms with Crippen molar-refractivity contribution in [3.63, 3.8) is 0 Å². The highest BCUT2D eigenvalue weighted by Gasteiger charge is 2.06. The summed E-state index contributed by atoms with van der Waals surface area (Å²) in [5.41, 5.74) is 4.77. The van der Waals surface area contributed by atoms with Crippen LogP contribution in [0.5, 0.6) is 0 Å². The molecule has 0 spiro atoms. The maximum absolute atomic E-state index is 9.65. The lowest BCUT2D eigenvalue weighted by Gasteiger charge is -1.96. The van der Waals surface area contributed by atoms with Gasteiger partial charge in [-0.2, -0.15) is 0 Å². The SMILES string of the molecule is C1=CSSC1.N[C@@H](CO)C(=O)O. The summed E-state index contributed by atoms with van der Waals surface area (Å²) in [6.45, 7) is -0.505. The Balaban J connectivity index is 0.000000211. The van der Waals surface area contributed by atoms with Crippen LogP contribution in [-0.2, 0) is 4.79 Å². The normalized spacial score (nSPS) is 16.5. The van der Waals surface area contributed by atoms with Gasteiger partial charge in [-0.3, -0.25) is 4.79 Å². The Morgan fingerprint density at radius 1 is 1.75 bits per heavy atom. The van der Waals surface area contributed by atoms with E-state index in [1.54, 1.807) is 0 Å². The fraction of sp³-hybridized carbons (Fsp3) is 0.500. The van der Waals surface area contributed by atoms with Crippen molar-refractivity contribution in [2.75, 3.05) is 12.4 Å². The van der Waals surface area contributed by atoms with E-state index in [0.717, 1.165) is 0 Å². The van der Waals surface area contributed by atoms with Crippen molar-refractivity contribution in [1.82, 2.24) is 0 Å². The van der Waals surface area contributed by atoms with E-state index in [0.29, 0.717) is 0 Å². The van der Waals surface area contributed by atoms with Gasteiger partial charge in [-0.05, 0) is 5.41 Å². The zero-order valence-electron chi connectivity index (χ0n) is 6.34. The van der Waals surface area contributed by atoms with Crippen molar-refractivity contribution in [2.45, 2.75) is 6.04 Å². The van der Waals surface area contributed by atoms with Crippen molar-refractivity contribution in [3.8, 4) is 0 Å². The van der Waals surface area contributed by atoms with Crippen molar-refractivity contribution < 1.29 is 15.0 Å². The molecule has 0 amide bonds. The van der Waals surface area contributed by atoms with E-state index in [1.807, 2.05) is 21.6 Å². The summed E-state index contributed by atoms with van der Waals surface area (Å²) < 4.78 is 0. The topological polar surface area (TPSA) is 83.5 Å². The first kappa shape index (κ1) is 11.8. The van der Waals surface area contributed by atoms with Gasteiger partial charge in [0.2, 0.25) is 0 Å². The molecular formula is C6H11NO3S2. The van der Waals surface area contributed by atoms with Crippen molar-refractivity contribution >= 4 is 27.6 Å². The zero-order chi connectivity index (χ0) is 9.40. The highest BCUT2D eigenvalue weighted by molar-refractivity contribution is 8.78. The number of aliphatic hydroxyl groups is 1. The number of aliphatic hydroxyl groups excluding tert-OH is 1. The molecule has 0 fully saturated rings. The average Bonchev–Trinajstić information content (AvgIpc) is 2.59. The van der Waals surface area contributed by atoms with E-state index in [9.17, 15) is 4.79 Å². The molecule has 6 heteroatoms. The van der Waals surface area contributed by atoms with Gasteiger partial charge in [0.15, 0.2) is 0 Å². The standard InChI is InChI=1S/C3H7NO3.C3H4S2/c4-2(1-5)3(6)7;1-2-4-5-3-1/h2,5H,1,4H2,(H,6,7);1-2H,3H2/t2-;/m0./s1. The number of rotatable bonds is 2. The van der Waals surface area contributed by atoms with Gasteiger partial charge in [0.1, 0.15) is 6.04 Å². The van der Waals surface area contributed by atoms with Crippen LogP contribution in [0.3, 0.4) is 0 Å². The fourth-order valence-corrected chi connectivity index (χ4v) is 1.85. The Labute approximate surface area is 78.6 Å². The molecule has 1 atom stereocenters. The Morgan fingerprint density at radius 3 is 2.50 bits per heavy atom. The molecule has 0 aromatic carbocycles. The van der Waals surface area contributed by atoms with Gasteiger partial charge >= 0.3 is 5.97 Å². The van der Waals surface area contributed by atoms with Crippen LogP contribution in [0.25, 0.3) is 0 Å². The molecule has 4 N–H and O–H groups in total. The summed E-state index contributed by atoms with van der Waals surface area (Å²) in [6.07, 6.45) is 2.16. The minimum atomic E-state index is -1.18. The quantitative estimate of drug-likeness (QED) is 0.567. The predicted molar refractivity (Wildman–Crippen MR) is 51.9 cm³/mol. The summed E-state index contributed by atoms with van der Waals surface area (Å²) in [4.78, 5) is 9.65. The number of nitrogens with two attached hydrogens (primary N) is 1. The Bertz CT molecular complexity index is 157. The summed E-state index contributed by atoms with van der Waals surface area (Å²) in [5.74, 6) is 0.0208. The second-order valence-electron chi connectivity index (χ2n) is 1.88. The largest absolute Gasteiger partial charge is 0.480 e.